The molecule has 0 aliphatic carbocycles. The molecule has 3 nitrogen and oxygen atoms in total. The Labute approximate surface area is 97.2 Å². The van der Waals surface area contributed by atoms with Gasteiger partial charge < -0.3 is 14.6 Å². The fourth-order valence-electron chi connectivity index (χ4n) is 1.05. The summed E-state index contributed by atoms with van der Waals surface area (Å²) in [4.78, 5) is 9.76. The molecule has 82 valence electrons. The number of aldehydes is 1. The largest absolute Gasteiger partial charge is 0.389 e. The van der Waals surface area contributed by atoms with Gasteiger partial charge in [0, 0.05) is 0 Å². The summed E-state index contributed by atoms with van der Waals surface area (Å²) in [7, 11) is 0. The van der Waals surface area contributed by atoms with Crippen LogP contribution in [-0.4, -0.2) is 28.9 Å². The molecule has 0 radical (unpaired) electrons. The summed E-state index contributed by atoms with van der Waals surface area (Å²) in [6.45, 7) is 0.583. The molecule has 1 rings (SSSR count). The molecule has 0 aliphatic rings. The number of halogens is 1. The maximum Gasteiger partial charge on any atom is 0.136 e. The van der Waals surface area contributed by atoms with Crippen molar-refractivity contribution in [2.45, 2.75) is 17.5 Å². The Kier molecular flexibility index (Phi) is 5.53. The minimum absolute atomic E-state index is 0.142. The number of hydrogen-bond donors (Lipinski definition) is 1. The second kappa shape index (κ2) is 6.71. The van der Waals surface area contributed by atoms with Crippen LogP contribution in [0.3, 0.4) is 0 Å². The van der Waals surface area contributed by atoms with Crippen LogP contribution >= 0.6 is 15.9 Å². The van der Waals surface area contributed by atoms with Crippen molar-refractivity contribution in [3.8, 4) is 0 Å². The van der Waals surface area contributed by atoms with Crippen LogP contribution in [0.4, 0.5) is 0 Å². The molecule has 0 saturated carbocycles. The number of aliphatic hydroxyl groups is 1. The zero-order chi connectivity index (χ0) is 11.1. The highest BCUT2D eigenvalue weighted by Crippen LogP contribution is 2.05. The van der Waals surface area contributed by atoms with Crippen molar-refractivity contribution in [3.63, 3.8) is 0 Å². The van der Waals surface area contributed by atoms with Gasteiger partial charge in [0.1, 0.15) is 6.29 Å². The van der Waals surface area contributed by atoms with Gasteiger partial charge in [-0.1, -0.05) is 46.3 Å². The topological polar surface area (TPSA) is 46.5 Å². The Bertz CT molecular complexity index is 289. The van der Waals surface area contributed by atoms with Gasteiger partial charge in [0.2, 0.25) is 0 Å². The average molecular weight is 273 g/mol. The number of benzene rings is 1. The number of ether oxygens (including phenoxy) is 1. The molecule has 0 aliphatic heterocycles. The Hall–Kier alpha value is -0.710. The van der Waals surface area contributed by atoms with E-state index in [1.807, 2.05) is 30.3 Å². The van der Waals surface area contributed by atoms with Gasteiger partial charge in [0.05, 0.1) is 24.1 Å². The van der Waals surface area contributed by atoms with E-state index in [2.05, 4.69) is 15.9 Å². The fourth-order valence-corrected chi connectivity index (χ4v) is 1.21. The number of aliphatic hydroxyl groups excluding tert-OH is 1. The molecule has 0 amide bonds. The van der Waals surface area contributed by atoms with E-state index in [1.54, 1.807) is 0 Å². The summed E-state index contributed by atoms with van der Waals surface area (Å²) in [5.74, 6) is 0. The van der Waals surface area contributed by atoms with Gasteiger partial charge in [-0.05, 0) is 5.56 Å². The predicted molar refractivity (Wildman–Crippen MR) is 60.9 cm³/mol. The third kappa shape index (κ3) is 4.55. The molecular formula is C11H13BrO3. The molecule has 2 atom stereocenters. The summed E-state index contributed by atoms with van der Waals surface area (Å²) in [6, 6.07) is 9.66. The number of carbonyl (C=O) groups is 1. The van der Waals surface area contributed by atoms with Gasteiger partial charge in [-0.15, -0.1) is 0 Å². The maximum absolute atomic E-state index is 10.3. The van der Waals surface area contributed by atoms with Crippen molar-refractivity contribution < 1.29 is 14.6 Å². The Balaban J connectivity index is 2.25. The molecule has 15 heavy (non-hydrogen) atoms. The lowest BCUT2D eigenvalue weighted by molar-refractivity contribution is -0.109. The van der Waals surface area contributed by atoms with Crippen LogP contribution in [0.2, 0.25) is 0 Å². The third-order valence-electron chi connectivity index (χ3n) is 1.90. The second-order valence-corrected chi connectivity index (χ2v) is 4.21. The summed E-state index contributed by atoms with van der Waals surface area (Å²) in [5.41, 5.74) is 1.04. The lowest BCUT2D eigenvalue weighted by atomic mass is 10.2. The number of hydrogen-bond acceptors (Lipinski definition) is 3. The Morgan fingerprint density at radius 1 is 1.40 bits per heavy atom. The van der Waals surface area contributed by atoms with Crippen LogP contribution in [0.1, 0.15) is 5.56 Å². The summed E-state index contributed by atoms with van der Waals surface area (Å²) in [6.07, 6.45) is -0.150. The second-order valence-electron chi connectivity index (χ2n) is 3.15. The van der Waals surface area contributed by atoms with E-state index in [0.29, 0.717) is 12.9 Å². The summed E-state index contributed by atoms with van der Waals surface area (Å²) in [5, 5.41) is 9.39. The van der Waals surface area contributed by atoms with Crippen LogP contribution in [0.15, 0.2) is 30.3 Å². The SMILES string of the molecule is O=CC(Br)C(O)COCc1ccccc1. The third-order valence-corrected chi connectivity index (χ3v) is 2.72. The van der Waals surface area contributed by atoms with Crippen LogP contribution in [-0.2, 0) is 16.1 Å². The lowest BCUT2D eigenvalue weighted by Crippen LogP contribution is -2.26. The van der Waals surface area contributed by atoms with Crippen molar-refractivity contribution >= 4 is 22.2 Å². The first-order chi connectivity index (χ1) is 7.24. The molecule has 0 bridgehead atoms. The standard InChI is InChI=1S/C11H13BrO3/c12-10(6-13)11(14)8-15-7-9-4-2-1-3-5-9/h1-6,10-11,14H,7-8H2. The van der Waals surface area contributed by atoms with Gasteiger partial charge in [0.25, 0.3) is 0 Å². The van der Waals surface area contributed by atoms with E-state index in [1.165, 1.54) is 0 Å². The zero-order valence-corrected chi connectivity index (χ0v) is 9.76. The van der Waals surface area contributed by atoms with E-state index in [0.717, 1.165) is 5.56 Å². The first-order valence-electron chi connectivity index (χ1n) is 4.63. The highest BCUT2D eigenvalue weighted by molar-refractivity contribution is 9.10. The van der Waals surface area contributed by atoms with Gasteiger partial charge >= 0.3 is 0 Å². The lowest BCUT2D eigenvalue weighted by Gasteiger charge is -2.12. The minimum Gasteiger partial charge on any atom is -0.389 e. The van der Waals surface area contributed by atoms with Crippen molar-refractivity contribution in [1.82, 2.24) is 0 Å². The molecule has 2 unspecified atom stereocenters. The van der Waals surface area contributed by atoms with E-state index < -0.39 is 10.9 Å². The molecule has 0 fully saturated rings. The quantitative estimate of drug-likeness (QED) is 0.631. The van der Waals surface area contributed by atoms with E-state index in [-0.39, 0.29) is 6.61 Å². The zero-order valence-electron chi connectivity index (χ0n) is 8.17. The number of rotatable bonds is 6. The smallest absolute Gasteiger partial charge is 0.136 e. The molecule has 1 N–H and O–H groups in total. The molecule has 1 aromatic carbocycles. The van der Waals surface area contributed by atoms with E-state index in [9.17, 15) is 9.90 Å². The first-order valence-corrected chi connectivity index (χ1v) is 5.54. The molecule has 1 aromatic rings. The highest BCUT2D eigenvalue weighted by atomic mass is 79.9. The summed E-state index contributed by atoms with van der Waals surface area (Å²) < 4.78 is 5.27. The van der Waals surface area contributed by atoms with Gasteiger partial charge in [-0.3, -0.25) is 0 Å². The average Bonchev–Trinajstić information content (AvgIpc) is 2.29. The number of alkyl halides is 1. The highest BCUT2D eigenvalue weighted by Gasteiger charge is 2.14. The number of carbonyl (C=O) groups excluding carboxylic acids is 1. The van der Waals surface area contributed by atoms with Crippen molar-refractivity contribution in [1.29, 1.82) is 0 Å². The van der Waals surface area contributed by atoms with Gasteiger partial charge in [-0.2, -0.15) is 0 Å². The van der Waals surface area contributed by atoms with Gasteiger partial charge in [-0.25, -0.2) is 0 Å². The molecule has 0 saturated heterocycles. The van der Waals surface area contributed by atoms with Crippen molar-refractivity contribution in [2.75, 3.05) is 6.61 Å². The molecule has 0 spiro atoms. The minimum atomic E-state index is -0.800. The van der Waals surface area contributed by atoms with Crippen LogP contribution in [0.25, 0.3) is 0 Å². The molecule has 4 heteroatoms. The molecule has 0 aromatic heterocycles. The Morgan fingerprint density at radius 3 is 2.67 bits per heavy atom. The van der Waals surface area contributed by atoms with Crippen molar-refractivity contribution in [2.24, 2.45) is 0 Å². The first kappa shape index (κ1) is 12.4. The van der Waals surface area contributed by atoms with E-state index in [4.69, 9.17) is 4.74 Å². The van der Waals surface area contributed by atoms with Crippen LogP contribution in [0, 0.1) is 0 Å². The predicted octanol–water partition coefficient (Wildman–Crippen LogP) is 1.53. The normalized spacial score (nSPS) is 14.5. The van der Waals surface area contributed by atoms with E-state index >= 15 is 0 Å². The van der Waals surface area contributed by atoms with Crippen molar-refractivity contribution in [3.05, 3.63) is 35.9 Å². The van der Waals surface area contributed by atoms with Crippen LogP contribution in [0.5, 0.6) is 0 Å². The summed E-state index contributed by atoms with van der Waals surface area (Å²) >= 11 is 3.03. The maximum atomic E-state index is 10.3. The monoisotopic (exact) mass is 272 g/mol. The fraction of sp³-hybridized carbons (Fsp3) is 0.364. The molecular weight excluding hydrogens is 260 g/mol. The van der Waals surface area contributed by atoms with Crippen LogP contribution < -0.4 is 0 Å². The molecule has 0 heterocycles. The van der Waals surface area contributed by atoms with Gasteiger partial charge in [0.15, 0.2) is 0 Å². The Morgan fingerprint density at radius 2 is 2.07 bits per heavy atom.